The average molecular weight is 417 g/mol. The molecule has 4 nitrogen and oxygen atoms in total. The standard InChI is InChI=1S/C17H27N3O.HI/c1-4-18-17(20-11-7-8-12-20)19-13-14(2)15-9-5-6-10-16(15)21-3;/h5-6,9-10,14H,4,7-8,11-13H2,1-3H3,(H,18,19);1H. The highest BCUT2D eigenvalue weighted by Crippen LogP contribution is 2.26. The van der Waals surface area contributed by atoms with Crippen molar-refractivity contribution in [2.75, 3.05) is 33.3 Å². The minimum atomic E-state index is 0. The zero-order chi connectivity index (χ0) is 15.1. The molecule has 0 aromatic heterocycles. The van der Waals surface area contributed by atoms with Gasteiger partial charge in [0, 0.05) is 32.1 Å². The molecule has 0 aliphatic carbocycles. The van der Waals surface area contributed by atoms with Crippen molar-refractivity contribution in [3.05, 3.63) is 29.8 Å². The lowest BCUT2D eigenvalue weighted by molar-refractivity contribution is 0.406. The van der Waals surface area contributed by atoms with Gasteiger partial charge in [0.25, 0.3) is 0 Å². The molecular formula is C17H28IN3O. The molecule has 1 aliphatic rings. The van der Waals surface area contributed by atoms with Crippen LogP contribution in [-0.4, -0.2) is 44.1 Å². The Hall–Kier alpha value is -0.980. The Morgan fingerprint density at radius 2 is 2.00 bits per heavy atom. The summed E-state index contributed by atoms with van der Waals surface area (Å²) in [5.41, 5.74) is 1.22. The molecule has 0 saturated carbocycles. The Morgan fingerprint density at radius 1 is 1.32 bits per heavy atom. The third kappa shape index (κ3) is 5.04. The number of aliphatic imine (C=N–C) groups is 1. The lowest BCUT2D eigenvalue weighted by Crippen LogP contribution is -2.39. The molecule has 124 valence electrons. The molecule has 1 heterocycles. The maximum Gasteiger partial charge on any atom is 0.193 e. The number of halogens is 1. The maximum atomic E-state index is 5.45. The molecule has 1 aliphatic heterocycles. The molecule has 1 saturated heterocycles. The van der Waals surface area contributed by atoms with E-state index in [0.29, 0.717) is 5.92 Å². The monoisotopic (exact) mass is 417 g/mol. The zero-order valence-corrected chi connectivity index (χ0v) is 16.2. The molecule has 5 heteroatoms. The van der Waals surface area contributed by atoms with E-state index in [4.69, 9.17) is 9.73 Å². The number of hydrogen-bond acceptors (Lipinski definition) is 2. The van der Waals surface area contributed by atoms with E-state index >= 15 is 0 Å². The Balaban J connectivity index is 0.00000242. The minimum absolute atomic E-state index is 0. The van der Waals surface area contributed by atoms with Gasteiger partial charge in [0.15, 0.2) is 5.96 Å². The number of hydrogen-bond donors (Lipinski definition) is 1. The fourth-order valence-electron chi connectivity index (χ4n) is 2.75. The van der Waals surface area contributed by atoms with E-state index in [-0.39, 0.29) is 24.0 Å². The van der Waals surface area contributed by atoms with Crippen LogP contribution in [0, 0.1) is 0 Å². The number of nitrogens with zero attached hydrogens (tertiary/aromatic N) is 2. The van der Waals surface area contributed by atoms with Crippen molar-refractivity contribution in [1.29, 1.82) is 0 Å². The van der Waals surface area contributed by atoms with Crippen molar-refractivity contribution in [2.24, 2.45) is 4.99 Å². The molecule has 1 N–H and O–H groups in total. The molecule has 1 unspecified atom stereocenters. The Bertz CT molecular complexity index is 473. The quantitative estimate of drug-likeness (QED) is 0.453. The lowest BCUT2D eigenvalue weighted by Gasteiger charge is -2.22. The molecule has 0 spiro atoms. The van der Waals surface area contributed by atoms with Crippen LogP contribution in [0.4, 0.5) is 0 Å². The highest BCUT2D eigenvalue weighted by Gasteiger charge is 2.16. The Kier molecular flexibility index (Phi) is 8.60. The zero-order valence-electron chi connectivity index (χ0n) is 13.8. The van der Waals surface area contributed by atoms with Gasteiger partial charge >= 0.3 is 0 Å². The van der Waals surface area contributed by atoms with Crippen molar-refractivity contribution in [3.8, 4) is 5.75 Å². The van der Waals surface area contributed by atoms with Crippen LogP contribution in [0.25, 0.3) is 0 Å². The largest absolute Gasteiger partial charge is 0.496 e. The lowest BCUT2D eigenvalue weighted by atomic mass is 10.0. The smallest absolute Gasteiger partial charge is 0.193 e. The van der Waals surface area contributed by atoms with Crippen LogP contribution in [0.2, 0.25) is 0 Å². The molecule has 22 heavy (non-hydrogen) atoms. The number of rotatable bonds is 5. The summed E-state index contributed by atoms with van der Waals surface area (Å²) < 4.78 is 5.45. The summed E-state index contributed by atoms with van der Waals surface area (Å²) in [7, 11) is 1.73. The van der Waals surface area contributed by atoms with Crippen molar-refractivity contribution < 1.29 is 4.74 Å². The van der Waals surface area contributed by atoms with E-state index in [0.717, 1.165) is 37.9 Å². The summed E-state index contributed by atoms with van der Waals surface area (Å²) in [6.45, 7) is 8.26. The fourth-order valence-corrected chi connectivity index (χ4v) is 2.75. The summed E-state index contributed by atoms with van der Waals surface area (Å²) in [5, 5.41) is 3.40. The van der Waals surface area contributed by atoms with E-state index in [1.54, 1.807) is 7.11 Å². The Labute approximate surface area is 151 Å². The summed E-state index contributed by atoms with van der Waals surface area (Å²) in [6, 6.07) is 8.21. The van der Waals surface area contributed by atoms with Crippen LogP contribution in [0.5, 0.6) is 5.75 Å². The predicted molar refractivity (Wildman–Crippen MR) is 104 cm³/mol. The normalized spacial score (nSPS) is 16.1. The van der Waals surface area contributed by atoms with Crippen LogP contribution in [0.3, 0.4) is 0 Å². The van der Waals surface area contributed by atoms with Crippen molar-refractivity contribution in [2.45, 2.75) is 32.6 Å². The van der Waals surface area contributed by atoms with Crippen LogP contribution >= 0.6 is 24.0 Å². The third-order valence-electron chi connectivity index (χ3n) is 3.93. The Morgan fingerprint density at radius 3 is 2.64 bits per heavy atom. The highest BCUT2D eigenvalue weighted by molar-refractivity contribution is 14.0. The van der Waals surface area contributed by atoms with Crippen molar-refractivity contribution in [1.82, 2.24) is 10.2 Å². The molecule has 0 amide bonds. The molecular weight excluding hydrogens is 389 g/mol. The number of ether oxygens (including phenoxy) is 1. The van der Waals surface area contributed by atoms with Crippen LogP contribution in [-0.2, 0) is 0 Å². The first-order valence-electron chi connectivity index (χ1n) is 7.92. The maximum absolute atomic E-state index is 5.45. The second-order valence-electron chi connectivity index (χ2n) is 5.53. The van der Waals surface area contributed by atoms with Crippen LogP contribution in [0.15, 0.2) is 29.3 Å². The molecule has 1 fully saturated rings. The van der Waals surface area contributed by atoms with Gasteiger partial charge in [-0.1, -0.05) is 25.1 Å². The van der Waals surface area contributed by atoms with Crippen LogP contribution < -0.4 is 10.1 Å². The van der Waals surface area contributed by atoms with E-state index in [1.165, 1.54) is 18.4 Å². The third-order valence-corrected chi connectivity index (χ3v) is 3.93. The van der Waals surface area contributed by atoms with E-state index in [9.17, 15) is 0 Å². The van der Waals surface area contributed by atoms with Gasteiger partial charge in [-0.3, -0.25) is 4.99 Å². The second-order valence-corrected chi connectivity index (χ2v) is 5.53. The predicted octanol–water partition coefficient (Wildman–Crippen LogP) is 3.48. The molecule has 1 atom stereocenters. The first kappa shape index (κ1) is 19.1. The number of methoxy groups -OCH3 is 1. The summed E-state index contributed by atoms with van der Waals surface area (Å²) in [4.78, 5) is 7.18. The SMILES string of the molecule is CCNC(=NCC(C)c1ccccc1OC)N1CCCC1.I. The van der Waals surface area contributed by atoms with Gasteiger partial charge in [-0.25, -0.2) is 0 Å². The van der Waals surface area contributed by atoms with Crippen molar-refractivity contribution in [3.63, 3.8) is 0 Å². The number of benzene rings is 1. The fraction of sp³-hybridized carbons (Fsp3) is 0.588. The molecule has 0 radical (unpaired) electrons. The molecule has 0 bridgehead atoms. The number of para-hydroxylation sites is 1. The van der Waals surface area contributed by atoms with E-state index in [2.05, 4.69) is 36.2 Å². The van der Waals surface area contributed by atoms with Gasteiger partial charge in [0.2, 0.25) is 0 Å². The van der Waals surface area contributed by atoms with Crippen molar-refractivity contribution >= 4 is 29.9 Å². The second kappa shape index (κ2) is 9.92. The average Bonchev–Trinajstić information content (AvgIpc) is 3.05. The van der Waals surface area contributed by atoms with Gasteiger partial charge < -0.3 is 15.0 Å². The summed E-state index contributed by atoms with van der Waals surface area (Å²) in [5.74, 6) is 2.35. The number of guanidine groups is 1. The van der Waals surface area contributed by atoms with Gasteiger partial charge in [-0.15, -0.1) is 24.0 Å². The summed E-state index contributed by atoms with van der Waals surface area (Å²) >= 11 is 0. The number of likely N-dealkylation sites (tertiary alicyclic amines) is 1. The van der Waals surface area contributed by atoms with Gasteiger partial charge in [0.1, 0.15) is 5.75 Å². The van der Waals surface area contributed by atoms with Gasteiger partial charge in [-0.05, 0) is 31.4 Å². The van der Waals surface area contributed by atoms with Crippen LogP contribution in [0.1, 0.15) is 38.2 Å². The summed E-state index contributed by atoms with van der Waals surface area (Å²) in [6.07, 6.45) is 2.54. The molecule has 1 aromatic carbocycles. The van der Waals surface area contributed by atoms with Gasteiger partial charge in [0.05, 0.1) is 7.11 Å². The van der Waals surface area contributed by atoms with E-state index in [1.807, 2.05) is 12.1 Å². The van der Waals surface area contributed by atoms with E-state index < -0.39 is 0 Å². The highest BCUT2D eigenvalue weighted by atomic mass is 127. The first-order valence-corrected chi connectivity index (χ1v) is 7.92. The molecule has 2 rings (SSSR count). The first-order chi connectivity index (χ1) is 10.3. The topological polar surface area (TPSA) is 36.9 Å². The van der Waals surface area contributed by atoms with Gasteiger partial charge in [-0.2, -0.15) is 0 Å². The minimum Gasteiger partial charge on any atom is -0.496 e. The number of nitrogens with one attached hydrogen (secondary N) is 1. The molecule has 1 aromatic rings.